The van der Waals surface area contributed by atoms with Gasteiger partial charge in [-0.15, -0.1) is 11.3 Å². The molecule has 1 aliphatic heterocycles. The lowest BCUT2D eigenvalue weighted by Gasteiger charge is -2.19. The minimum absolute atomic E-state index is 0.00682. The summed E-state index contributed by atoms with van der Waals surface area (Å²) in [5.74, 6) is 0.936. The molecule has 0 bridgehead atoms. The van der Waals surface area contributed by atoms with Crippen LogP contribution >= 0.6 is 11.3 Å². The number of urea groups is 1. The van der Waals surface area contributed by atoms with Gasteiger partial charge in [0.2, 0.25) is 5.91 Å². The number of anilines is 2. The van der Waals surface area contributed by atoms with E-state index in [4.69, 9.17) is 9.47 Å². The molecule has 0 spiro atoms. The Bertz CT molecular complexity index is 906. The second kappa shape index (κ2) is 8.28. The summed E-state index contributed by atoms with van der Waals surface area (Å²) in [5, 5.41) is 3.48. The smallest absolute Gasteiger partial charge is 0.325 e. The fourth-order valence-corrected chi connectivity index (χ4v) is 4.77. The summed E-state index contributed by atoms with van der Waals surface area (Å²) in [6.45, 7) is 0.995. The fourth-order valence-electron chi connectivity index (χ4n) is 3.70. The molecule has 0 saturated carbocycles. The second-order valence-electron chi connectivity index (χ2n) is 7.04. The molecule has 0 unspecified atom stereocenters. The largest absolute Gasteiger partial charge is 0.493 e. The predicted octanol–water partition coefficient (Wildman–Crippen LogP) is 2.92. The standard InChI is InChI=1S/C20H24N4O4S/c1-27-15-8-7-13(11-16(15)28-2)24-10-9-23(20(24)26)12-18(25)22-19-21-14-5-3-4-6-17(14)29-19/h7-8,11H,3-6,9-10,12H2,1-2H3,(H,21,22,25). The molecule has 0 atom stereocenters. The zero-order valence-corrected chi connectivity index (χ0v) is 17.4. The van der Waals surface area contributed by atoms with Crippen LogP contribution in [0, 0.1) is 0 Å². The zero-order chi connectivity index (χ0) is 20.4. The van der Waals surface area contributed by atoms with E-state index in [0.29, 0.717) is 35.4 Å². The van der Waals surface area contributed by atoms with Gasteiger partial charge in [-0.25, -0.2) is 9.78 Å². The van der Waals surface area contributed by atoms with Crippen LogP contribution in [-0.4, -0.2) is 55.7 Å². The van der Waals surface area contributed by atoms with Crippen LogP contribution in [0.5, 0.6) is 11.5 Å². The van der Waals surface area contributed by atoms with Crippen molar-refractivity contribution >= 4 is 34.1 Å². The Morgan fingerprint density at radius 1 is 1.17 bits per heavy atom. The van der Waals surface area contributed by atoms with Crippen molar-refractivity contribution in [1.29, 1.82) is 0 Å². The van der Waals surface area contributed by atoms with E-state index in [0.717, 1.165) is 25.0 Å². The molecular weight excluding hydrogens is 392 g/mol. The average molecular weight is 417 g/mol. The normalized spacial score (nSPS) is 16.0. The van der Waals surface area contributed by atoms with E-state index in [2.05, 4.69) is 10.3 Å². The molecule has 154 valence electrons. The molecular formula is C20H24N4O4S. The van der Waals surface area contributed by atoms with Crippen LogP contribution < -0.4 is 19.7 Å². The molecule has 1 saturated heterocycles. The zero-order valence-electron chi connectivity index (χ0n) is 16.6. The molecule has 3 amide bonds. The number of thiazole rings is 1. The van der Waals surface area contributed by atoms with E-state index in [9.17, 15) is 9.59 Å². The molecule has 2 aliphatic rings. The summed E-state index contributed by atoms with van der Waals surface area (Å²) in [7, 11) is 3.12. The van der Waals surface area contributed by atoms with E-state index in [-0.39, 0.29) is 18.5 Å². The number of carbonyl (C=O) groups excluding carboxylic acids is 2. The fraction of sp³-hybridized carbons (Fsp3) is 0.450. The molecule has 1 fully saturated rings. The third-order valence-electron chi connectivity index (χ3n) is 5.20. The predicted molar refractivity (Wildman–Crippen MR) is 111 cm³/mol. The first-order valence-corrected chi connectivity index (χ1v) is 10.5. The van der Waals surface area contributed by atoms with Gasteiger partial charge in [0.25, 0.3) is 0 Å². The molecule has 9 heteroatoms. The van der Waals surface area contributed by atoms with Crippen LogP contribution in [-0.2, 0) is 17.6 Å². The van der Waals surface area contributed by atoms with Gasteiger partial charge in [0.1, 0.15) is 6.54 Å². The Morgan fingerprint density at radius 2 is 1.97 bits per heavy atom. The number of rotatable bonds is 6. The SMILES string of the molecule is COc1ccc(N2CCN(CC(=O)Nc3nc4c(s3)CCCC4)C2=O)cc1OC. The van der Waals surface area contributed by atoms with Crippen molar-refractivity contribution in [2.45, 2.75) is 25.7 Å². The highest BCUT2D eigenvalue weighted by Gasteiger charge is 2.31. The van der Waals surface area contributed by atoms with Crippen molar-refractivity contribution in [2.24, 2.45) is 0 Å². The summed E-state index contributed by atoms with van der Waals surface area (Å²) in [6, 6.07) is 5.13. The van der Waals surface area contributed by atoms with Gasteiger partial charge >= 0.3 is 6.03 Å². The van der Waals surface area contributed by atoms with Gasteiger partial charge in [-0.2, -0.15) is 0 Å². The summed E-state index contributed by atoms with van der Waals surface area (Å²) < 4.78 is 10.6. The summed E-state index contributed by atoms with van der Waals surface area (Å²) in [5.41, 5.74) is 1.82. The molecule has 8 nitrogen and oxygen atoms in total. The van der Waals surface area contributed by atoms with Crippen molar-refractivity contribution in [3.63, 3.8) is 0 Å². The van der Waals surface area contributed by atoms with E-state index in [1.807, 2.05) is 6.07 Å². The van der Waals surface area contributed by atoms with Gasteiger partial charge in [-0.3, -0.25) is 9.69 Å². The lowest BCUT2D eigenvalue weighted by Crippen LogP contribution is -2.37. The number of nitrogens with one attached hydrogen (secondary N) is 1. The van der Waals surface area contributed by atoms with Gasteiger partial charge in [-0.05, 0) is 37.8 Å². The highest BCUT2D eigenvalue weighted by molar-refractivity contribution is 7.15. The van der Waals surface area contributed by atoms with Gasteiger partial charge in [0.15, 0.2) is 16.6 Å². The Labute approximate surface area is 173 Å². The lowest BCUT2D eigenvalue weighted by molar-refractivity contribution is -0.116. The molecule has 1 aromatic carbocycles. The van der Waals surface area contributed by atoms with Gasteiger partial charge in [0.05, 0.1) is 19.9 Å². The number of carbonyl (C=O) groups is 2. The van der Waals surface area contributed by atoms with E-state index >= 15 is 0 Å². The first-order chi connectivity index (χ1) is 14.1. The maximum Gasteiger partial charge on any atom is 0.325 e. The maximum atomic E-state index is 12.8. The van der Waals surface area contributed by atoms with Crippen LogP contribution in [0.25, 0.3) is 0 Å². The number of methoxy groups -OCH3 is 2. The highest BCUT2D eigenvalue weighted by Crippen LogP contribution is 2.33. The number of nitrogens with zero attached hydrogens (tertiary/aromatic N) is 3. The molecule has 1 aromatic heterocycles. The summed E-state index contributed by atoms with van der Waals surface area (Å²) >= 11 is 1.54. The van der Waals surface area contributed by atoms with Gasteiger partial charge < -0.3 is 19.7 Å². The maximum absolute atomic E-state index is 12.8. The molecule has 29 heavy (non-hydrogen) atoms. The number of ether oxygens (including phenoxy) is 2. The van der Waals surface area contributed by atoms with Crippen molar-refractivity contribution in [3.8, 4) is 11.5 Å². The topological polar surface area (TPSA) is 84.0 Å². The molecule has 4 rings (SSSR count). The summed E-state index contributed by atoms with van der Waals surface area (Å²) in [6.07, 6.45) is 4.34. The Balaban J connectivity index is 1.39. The Morgan fingerprint density at radius 3 is 2.72 bits per heavy atom. The third-order valence-corrected chi connectivity index (χ3v) is 6.27. The Kier molecular flexibility index (Phi) is 5.57. The van der Waals surface area contributed by atoms with Crippen LogP contribution in [0.2, 0.25) is 0 Å². The van der Waals surface area contributed by atoms with E-state index in [1.165, 1.54) is 11.3 Å². The number of amides is 3. The minimum Gasteiger partial charge on any atom is -0.493 e. The number of aryl methyl sites for hydroxylation is 2. The van der Waals surface area contributed by atoms with Gasteiger partial charge in [0, 0.05) is 29.7 Å². The van der Waals surface area contributed by atoms with Gasteiger partial charge in [-0.1, -0.05) is 0 Å². The van der Waals surface area contributed by atoms with Crippen molar-refractivity contribution in [1.82, 2.24) is 9.88 Å². The molecule has 0 radical (unpaired) electrons. The third kappa shape index (κ3) is 4.00. The number of hydrogen-bond acceptors (Lipinski definition) is 6. The van der Waals surface area contributed by atoms with Crippen LogP contribution in [0.1, 0.15) is 23.4 Å². The molecule has 2 heterocycles. The first kappa shape index (κ1) is 19.5. The van der Waals surface area contributed by atoms with Crippen molar-refractivity contribution in [3.05, 3.63) is 28.8 Å². The quantitative estimate of drug-likeness (QED) is 0.783. The van der Waals surface area contributed by atoms with Crippen LogP contribution in [0.3, 0.4) is 0 Å². The van der Waals surface area contributed by atoms with Crippen LogP contribution in [0.15, 0.2) is 18.2 Å². The number of aromatic nitrogens is 1. The number of benzene rings is 1. The Hall–Kier alpha value is -2.81. The first-order valence-electron chi connectivity index (χ1n) is 9.66. The second-order valence-corrected chi connectivity index (χ2v) is 8.12. The minimum atomic E-state index is -0.224. The molecule has 1 aliphatic carbocycles. The van der Waals surface area contributed by atoms with E-state index in [1.54, 1.807) is 47.5 Å². The average Bonchev–Trinajstić information content (AvgIpc) is 3.30. The summed E-state index contributed by atoms with van der Waals surface area (Å²) in [4.78, 5) is 34.2. The molecule has 1 N–H and O–H groups in total. The monoisotopic (exact) mass is 416 g/mol. The lowest BCUT2D eigenvalue weighted by atomic mass is 10.0. The van der Waals surface area contributed by atoms with E-state index < -0.39 is 0 Å². The highest BCUT2D eigenvalue weighted by atomic mass is 32.1. The van der Waals surface area contributed by atoms with Crippen LogP contribution in [0.4, 0.5) is 15.6 Å². The van der Waals surface area contributed by atoms with Crippen molar-refractivity contribution in [2.75, 3.05) is 44.1 Å². The van der Waals surface area contributed by atoms with Crippen molar-refractivity contribution < 1.29 is 19.1 Å². The number of hydrogen-bond donors (Lipinski definition) is 1. The molecule has 2 aromatic rings. The number of fused-ring (bicyclic) bond motifs is 1.